The highest BCUT2D eigenvalue weighted by Crippen LogP contribution is 2.24. The molecule has 0 unspecified atom stereocenters. The third-order valence-electron chi connectivity index (χ3n) is 2.57. The normalized spacial score (nSPS) is 10.7. The average Bonchev–Trinajstić information content (AvgIpc) is 2.30. The van der Waals surface area contributed by atoms with Gasteiger partial charge in [-0.25, -0.2) is 0 Å². The van der Waals surface area contributed by atoms with Crippen LogP contribution in [0.5, 0.6) is 0 Å². The van der Waals surface area contributed by atoms with Gasteiger partial charge in [0.25, 0.3) is 0 Å². The van der Waals surface area contributed by atoms with E-state index in [0.717, 1.165) is 29.5 Å². The van der Waals surface area contributed by atoms with Crippen molar-refractivity contribution in [2.75, 3.05) is 31.2 Å². The number of carbonyl (C=O) groups is 1. The zero-order valence-corrected chi connectivity index (χ0v) is 12.5. The van der Waals surface area contributed by atoms with Crippen LogP contribution in [0.1, 0.15) is 19.8 Å². The Morgan fingerprint density at radius 2 is 2.22 bits per heavy atom. The fourth-order valence-corrected chi connectivity index (χ4v) is 2.07. The number of nitrogen functional groups attached to an aromatic ring is 1. The smallest absolute Gasteiger partial charge is 0.238 e. The van der Waals surface area contributed by atoms with E-state index in [1.165, 1.54) is 0 Å². The van der Waals surface area contributed by atoms with Gasteiger partial charge in [0.05, 0.1) is 12.2 Å². The number of unbranched alkanes of at least 4 members (excludes halogenated alkanes) is 1. The Kier molecular flexibility index (Phi) is 6.15. The molecule has 18 heavy (non-hydrogen) atoms. The first-order valence-corrected chi connectivity index (χ1v) is 6.85. The first-order valence-electron chi connectivity index (χ1n) is 6.06. The molecule has 4 nitrogen and oxygen atoms in total. The molecule has 0 atom stereocenters. The van der Waals surface area contributed by atoms with Crippen molar-refractivity contribution in [3.8, 4) is 0 Å². The summed E-state index contributed by atoms with van der Waals surface area (Å²) in [5, 5.41) is 2.86. The van der Waals surface area contributed by atoms with Gasteiger partial charge in [-0.05, 0) is 54.1 Å². The number of rotatable bonds is 6. The number of halogens is 1. The molecule has 1 aromatic carbocycles. The van der Waals surface area contributed by atoms with Crippen LogP contribution in [0.2, 0.25) is 0 Å². The van der Waals surface area contributed by atoms with Gasteiger partial charge in [0, 0.05) is 10.2 Å². The predicted octanol–water partition coefficient (Wildman–Crippen LogP) is 2.70. The minimum absolute atomic E-state index is 0.0147. The second-order valence-electron chi connectivity index (χ2n) is 4.38. The van der Waals surface area contributed by atoms with Gasteiger partial charge in [-0.15, -0.1) is 0 Å². The Balaban J connectivity index is 2.49. The van der Waals surface area contributed by atoms with E-state index in [1.54, 1.807) is 18.2 Å². The summed E-state index contributed by atoms with van der Waals surface area (Å²) in [6, 6.07) is 5.33. The average molecular weight is 314 g/mol. The summed E-state index contributed by atoms with van der Waals surface area (Å²) in [4.78, 5) is 13.8. The summed E-state index contributed by atoms with van der Waals surface area (Å²) in [5.41, 5.74) is 7.06. The van der Waals surface area contributed by atoms with E-state index in [2.05, 4.69) is 28.2 Å². The van der Waals surface area contributed by atoms with E-state index in [9.17, 15) is 4.79 Å². The number of hydrogen-bond acceptors (Lipinski definition) is 3. The van der Waals surface area contributed by atoms with Crippen LogP contribution in [-0.4, -0.2) is 30.9 Å². The van der Waals surface area contributed by atoms with E-state index in [0.29, 0.717) is 12.2 Å². The molecule has 0 bridgehead atoms. The van der Waals surface area contributed by atoms with Crippen LogP contribution in [0.4, 0.5) is 11.4 Å². The molecular weight excluding hydrogens is 294 g/mol. The largest absolute Gasteiger partial charge is 0.399 e. The molecule has 1 rings (SSSR count). The molecule has 0 aliphatic rings. The first-order chi connectivity index (χ1) is 8.52. The lowest BCUT2D eigenvalue weighted by molar-refractivity contribution is -0.117. The maximum atomic E-state index is 11.8. The summed E-state index contributed by atoms with van der Waals surface area (Å²) in [5.74, 6) is -0.0147. The third-order valence-corrected chi connectivity index (χ3v) is 3.23. The van der Waals surface area contributed by atoms with Gasteiger partial charge in [0.1, 0.15) is 0 Å². The number of nitrogens with zero attached hydrogens (tertiary/aromatic N) is 1. The van der Waals surface area contributed by atoms with Gasteiger partial charge in [-0.3, -0.25) is 9.69 Å². The monoisotopic (exact) mass is 313 g/mol. The Hall–Kier alpha value is -1.07. The highest BCUT2D eigenvalue weighted by atomic mass is 79.9. The number of hydrogen-bond donors (Lipinski definition) is 2. The van der Waals surface area contributed by atoms with E-state index in [1.807, 2.05) is 11.9 Å². The molecule has 0 aliphatic carbocycles. The summed E-state index contributed by atoms with van der Waals surface area (Å²) in [6.45, 7) is 3.48. The molecule has 0 spiro atoms. The molecule has 0 heterocycles. The topological polar surface area (TPSA) is 58.4 Å². The minimum Gasteiger partial charge on any atom is -0.399 e. The molecule has 1 amide bonds. The second-order valence-corrected chi connectivity index (χ2v) is 5.23. The molecule has 5 heteroatoms. The van der Waals surface area contributed by atoms with E-state index in [-0.39, 0.29) is 5.91 Å². The molecule has 0 aromatic heterocycles. The number of nitrogens with two attached hydrogens (primary N) is 1. The van der Waals surface area contributed by atoms with Crippen molar-refractivity contribution in [2.45, 2.75) is 19.8 Å². The lowest BCUT2D eigenvalue weighted by Crippen LogP contribution is -2.30. The van der Waals surface area contributed by atoms with E-state index < -0.39 is 0 Å². The maximum absolute atomic E-state index is 11.8. The van der Waals surface area contributed by atoms with Gasteiger partial charge < -0.3 is 11.1 Å². The Bertz CT molecular complexity index is 409. The molecule has 0 saturated carbocycles. The fourth-order valence-electron chi connectivity index (χ4n) is 1.57. The maximum Gasteiger partial charge on any atom is 0.238 e. The van der Waals surface area contributed by atoms with Gasteiger partial charge >= 0.3 is 0 Å². The zero-order valence-electron chi connectivity index (χ0n) is 10.9. The first kappa shape index (κ1) is 15.0. The van der Waals surface area contributed by atoms with Crippen LogP contribution in [0.15, 0.2) is 22.7 Å². The number of amides is 1. The molecule has 0 radical (unpaired) electrons. The van der Waals surface area contributed by atoms with Crippen molar-refractivity contribution in [2.24, 2.45) is 0 Å². The zero-order chi connectivity index (χ0) is 13.5. The molecular formula is C13H20BrN3O. The lowest BCUT2D eigenvalue weighted by Gasteiger charge is -2.16. The molecule has 100 valence electrons. The van der Waals surface area contributed by atoms with Crippen molar-refractivity contribution in [3.63, 3.8) is 0 Å². The number of nitrogens with one attached hydrogen (secondary N) is 1. The standard InChI is InChI=1S/C13H20BrN3O/c1-3-4-7-17(2)9-13(18)16-12-6-5-10(15)8-11(12)14/h5-6,8H,3-4,7,9,15H2,1-2H3,(H,16,18). The van der Waals surface area contributed by atoms with Gasteiger partial charge in [-0.1, -0.05) is 13.3 Å². The number of anilines is 2. The van der Waals surface area contributed by atoms with E-state index in [4.69, 9.17) is 5.73 Å². The Morgan fingerprint density at radius 1 is 1.50 bits per heavy atom. The van der Waals surface area contributed by atoms with Crippen LogP contribution in [-0.2, 0) is 4.79 Å². The van der Waals surface area contributed by atoms with Crippen molar-refractivity contribution in [3.05, 3.63) is 22.7 Å². The third kappa shape index (κ3) is 5.06. The quantitative estimate of drug-likeness (QED) is 0.794. The van der Waals surface area contributed by atoms with Crippen LogP contribution in [0, 0.1) is 0 Å². The Morgan fingerprint density at radius 3 is 2.83 bits per heavy atom. The molecule has 0 saturated heterocycles. The molecule has 3 N–H and O–H groups in total. The van der Waals surface area contributed by atoms with Gasteiger partial charge in [-0.2, -0.15) is 0 Å². The summed E-state index contributed by atoms with van der Waals surface area (Å²) >= 11 is 3.38. The number of likely N-dealkylation sites (N-methyl/N-ethyl adjacent to an activating group) is 1. The molecule has 1 aromatic rings. The highest BCUT2D eigenvalue weighted by Gasteiger charge is 2.08. The summed E-state index contributed by atoms with van der Waals surface area (Å²) in [7, 11) is 1.95. The Labute approximate surface area is 117 Å². The minimum atomic E-state index is -0.0147. The molecule has 0 aliphatic heterocycles. The van der Waals surface area contributed by atoms with Crippen LogP contribution in [0.3, 0.4) is 0 Å². The van der Waals surface area contributed by atoms with E-state index >= 15 is 0 Å². The highest BCUT2D eigenvalue weighted by molar-refractivity contribution is 9.10. The summed E-state index contributed by atoms with van der Waals surface area (Å²) in [6.07, 6.45) is 2.24. The molecule has 0 fully saturated rings. The van der Waals surface area contributed by atoms with Gasteiger partial charge in [0.15, 0.2) is 0 Å². The summed E-state index contributed by atoms with van der Waals surface area (Å²) < 4.78 is 0.798. The van der Waals surface area contributed by atoms with Crippen LogP contribution >= 0.6 is 15.9 Å². The lowest BCUT2D eigenvalue weighted by atomic mass is 10.3. The van der Waals surface area contributed by atoms with Crippen molar-refractivity contribution >= 4 is 33.2 Å². The van der Waals surface area contributed by atoms with Crippen molar-refractivity contribution < 1.29 is 4.79 Å². The SMILES string of the molecule is CCCCN(C)CC(=O)Nc1ccc(N)cc1Br. The van der Waals surface area contributed by atoms with Crippen LogP contribution in [0.25, 0.3) is 0 Å². The van der Waals surface area contributed by atoms with Gasteiger partial charge in [0.2, 0.25) is 5.91 Å². The van der Waals surface area contributed by atoms with Crippen LogP contribution < -0.4 is 11.1 Å². The number of carbonyl (C=O) groups excluding carboxylic acids is 1. The second kappa shape index (κ2) is 7.38. The number of benzene rings is 1. The van der Waals surface area contributed by atoms with Crippen molar-refractivity contribution in [1.29, 1.82) is 0 Å². The van der Waals surface area contributed by atoms with Crippen molar-refractivity contribution in [1.82, 2.24) is 4.90 Å². The predicted molar refractivity (Wildman–Crippen MR) is 79.6 cm³/mol. The fraction of sp³-hybridized carbons (Fsp3) is 0.462.